The van der Waals surface area contributed by atoms with Gasteiger partial charge in [-0.05, 0) is 0 Å². The molecule has 0 radical (unpaired) electrons. The Kier molecular flexibility index (Phi) is 3.18. The minimum atomic E-state index is -1.16. The molecule has 0 aromatic heterocycles. The van der Waals surface area contributed by atoms with Gasteiger partial charge in [-0.3, -0.25) is 19.2 Å². The number of rotatable bonds is 3. The molecule has 0 aliphatic carbocycles. The van der Waals surface area contributed by atoms with E-state index in [0.717, 1.165) is 0 Å². The molecule has 0 bridgehead atoms. The lowest BCUT2D eigenvalue weighted by atomic mass is 9.84. The van der Waals surface area contributed by atoms with E-state index in [-0.39, 0.29) is 45.6 Å². The number of hydrogen-bond acceptors (Lipinski definition) is 7. The lowest BCUT2D eigenvalue weighted by molar-refractivity contribution is -0.147. The Bertz CT molecular complexity index is 825. The van der Waals surface area contributed by atoms with Crippen molar-refractivity contribution >= 4 is 59.0 Å². The highest BCUT2D eigenvalue weighted by Crippen LogP contribution is 2.65. The molecular formula is C16H17N3O5S3. The number of β-lactam (4-membered cyclic amide) rings is 3. The van der Waals surface area contributed by atoms with Gasteiger partial charge in [0.15, 0.2) is 0 Å². The monoisotopic (exact) mass is 427 g/mol. The molecule has 3 amide bonds. The Balaban J connectivity index is 1.43. The topological polar surface area (TPSA) is 98.2 Å². The molecular weight excluding hydrogens is 410 g/mol. The molecule has 6 aliphatic rings. The van der Waals surface area contributed by atoms with Crippen LogP contribution in [0.25, 0.3) is 0 Å². The summed E-state index contributed by atoms with van der Waals surface area (Å²) in [5.74, 6) is -0.709. The van der Waals surface area contributed by atoms with E-state index in [9.17, 15) is 24.3 Å². The van der Waals surface area contributed by atoms with Crippen molar-refractivity contribution in [1.29, 1.82) is 0 Å². The van der Waals surface area contributed by atoms with Gasteiger partial charge >= 0.3 is 5.97 Å². The van der Waals surface area contributed by atoms with Crippen LogP contribution in [0.2, 0.25) is 0 Å². The highest BCUT2D eigenvalue weighted by Gasteiger charge is 2.74. The van der Waals surface area contributed by atoms with Crippen LogP contribution in [0, 0.1) is 0 Å². The van der Waals surface area contributed by atoms with Gasteiger partial charge in [0, 0.05) is 24.9 Å². The van der Waals surface area contributed by atoms with Gasteiger partial charge < -0.3 is 19.8 Å². The van der Waals surface area contributed by atoms with Gasteiger partial charge in [0.25, 0.3) is 0 Å². The molecule has 0 aromatic rings. The van der Waals surface area contributed by atoms with Crippen LogP contribution >= 0.6 is 35.3 Å². The molecule has 8 nitrogen and oxygen atoms in total. The van der Waals surface area contributed by atoms with Gasteiger partial charge in [-0.25, -0.2) is 0 Å². The van der Waals surface area contributed by atoms with Crippen LogP contribution in [0.15, 0.2) is 0 Å². The molecule has 144 valence electrons. The third-order valence-electron chi connectivity index (χ3n) is 6.77. The standard InChI is InChI=1S/C16H17N3O5S3/c20-8-1-11-17(8)4-7(25-11)15(5-18-9(21)2-12(18)26-15)16(14(23)24)6-19-10(22)3-13(19)27-16/h7,11-13H,1-6H2,(H,23,24)/t7?,11-,12-,13-,15?,16?/m1/s1. The average Bonchev–Trinajstić information content (AvgIpc) is 3.23. The number of fused-ring (bicyclic) bond motifs is 3. The quantitative estimate of drug-likeness (QED) is 0.620. The summed E-state index contributed by atoms with van der Waals surface area (Å²) in [6.07, 6.45) is 1.34. The van der Waals surface area contributed by atoms with E-state index < -0.39 is 15.5 Å². The number of carboxylic acid groups (broad SMARTS) is 1. The van der Waals surface area contributed by atoms with E-state index in [1.54, 1.807) is 33.3 Å². The van der Waals surface area contributed by atoms with Crippen molar-refractivity contribution in [2.75, 3.05) is 19.6 Å². The Morgan fingerprint density at radius 2 is 1.48 bits per heavy atom. The third-order valence-corrected chi connectivity index (χ3v) is 12.3. The lowest BCUT2D eigenvalue weighted by Gasteiger charge is -2.44. The number of amides is 3. The zero-order valence-electron chi connectivity index (χ0n) is 14.2. The van der Waals surface area contributed by atoms with Crippen LogP contribution in [0.1, 0.15) is 19.3 Å². The second-order valence-electron chi connectivity index (χ2n) is 7.95. The average molecular weight is 428 g/mol. The van der Waals surface area contributed by atoms with Crippen molar-refractivity contribution in [3.05, 3.63) is 0 Å². The first-order valence-corrected chi connectivity index (χ1v) is 11.7. The van der Waals surface area contributed by atoms with E-state index in [0.29, 0.717) is 32.4 Å². The first-order valence-electron chi connectivity index (χ1n) is 8.97. The van der Waals surface area contributed by atoms with E-state index in [2.05, 4.69) is 0 Å². The van der Waals surface area contributed by atoms with Crippen LogP contribution in [-0.4, -0.2) is 94.0 Å². The molecule has 3 unspecified atom stereocenters. The SMILES string of the molecule is O=C1C[C@H]2SC(C3(C4(C(=O)O)CN5C(=O)C[C@H]5S4)CN4C(=O)C[C@H]4S3)CN12. The van der Waals surface area contributed by atoms with E-state index in [1.165, 1.54) is 11.8 Å². The maximum absolute atomic E-state index is 12.7. The molecule has 0 saturated carbocycles. The van der Waals surface area contributed by atoms with Crippen molar-refractivity contribution in [1.82, 2.24) is 14.7 Å². The minimum absolute atomic E-state index is 0.00574. The van der Waals surface area contributed by atoms with Crippen LogP contribution in [0.4, 0.5) is 0 Å². The van der Waals surface area contributed by atoms with Gasteiger partial charge in [-0.1, -0.05) is 0 Å². The van der Waals surface area contributed by atoms with Gasteiger partial charge in [0.2, 0.25) is 17.7 Å². The van der Waals surface area contributed by atoms with Gasteiger partial charge in [-0.15, -0.1) is 35.3 Å². The molecule has 6 fully saturated rings. The van der Waals surface area contributed by atoms with Crippen LogP contribution in [-0.2, 0) is 19.2 Å². The summed E-state index contributed by atoms with van der Waals surface area (Å²) in [4.78, 5) is 54.0. The summed E-state index contributed by atoms with van der Waals surface area (Å²) in [5.41, 5.74) is 0. The fourth-order valence-corrected chi connectivity index (χ4v) is 11.1. The summed E-state index contributed by atoms with van der Waals surface area (Å²) in [6.45, 7) is 1.11. The highest BCUT2D eigenvalue weighted by molar-refractivity contribution is 8.08. The molecule has 6 atom stereocenters. The molecule has 6 rings (SSSR count). The number of carbonyl (C=O) groups excluding carboxylic acids is 3. The van der Waals surface area contributed by atoms with Crippen molar-refractivity contribution < 1.29 is 24.3 Å². The molecule has 0 aromatic carbocycles. The molecule has 6 heterocycles. The summed E-state index contributed by atoms with van der Waals surface area (Å²) in [5, 5.41) is 10.4. The fraction of sp³-hybridized carbons (Fsp3) is 0.750. The fourth-order valence-electron chi connectivity index (χ4n) is 5.11. The zero-order chi connectivity index (χ0) is 18.7. The number of thioether (sulfide) groups is 3. The van der Waals surface area contributed by atoms with Crippen molar-refractivity contribution in [3.8, 4) is 0 Å². The Labute approximate surface area is 167 Å². The minimum Gasteiger partial charge on any atom is -0.480 e. The molecule has 0 spiro atoms. The summed E-state index contributed by atoms with van der Waals surface area (Å²) < 4.78 is -1.86. The number of carbonyl (C=O) groups is 4. The number of carboxylic acids is 1. The van der Waals surface area contributed by atoms with E-state index in [4.69, 9.17) is 0 Å². The molecule has 6 aliphatic heterocycles. The van der Waals surface area contributed by atoms with Crippen LogP contribution in [0.3, 0.4) is 0 Å². The number of aliphatic carboxylic acids is 1. The number of hydrogen-bond donors (Lipinski definition) is 1. The summed E-state index contributed by atoms with van der Waals surface area (Å²) in [6, 6.07) is 0. The smallest absolute Gasteiger partial charge is 0.323 e. The largest absolute Gasteiger partial charge is 0.480 e. The Hall–Kier alpha value is -1.07. The summed E-state index contributed by atoms with van der Waals surface area (Å²) in [7, 11) is 0. The van der Waals surface area contributed by atoms with Crippen molar-refractivity contribution in [3.63, 3.8) is 0 Å². The molecule has 27 heavy (non-hydrogen) atoms. The van der Waals surface area contributed by atoms with E-state index in [1.807, 2.05) is 4.90 Å². The zero-order valence-corrected chi connectivity index (χ0v) is 16.6. The van der Waals surface area contributed by atoms with Crippen molar-refractivity contribution in [2.24, 2.45) is 0 Å². The molecule has 1 N–H and O–H groups in total. The number of nitrogens with zero attached hydrogens (tertiary/aromatic N) is 3. The second-order valence-corrected chi connectivity index (χ2v) is 12.3. The Morgan fingerprint density at radius 3 is 2.00 bits per heavy atom. The predicted octanol–water partition coefficient (Wildman–Crippen LogP) is -0.167. The van der Waals surface area contributed by atoms with E-state index >= 15 is 0 Å². The predicted molar refractivity (Wildman–Crippen MR) is 100 cm³/mol. The van der Waals surface area contributed by atoms with Gasteiger partial charge in [-0.2, -0.15) is 0 Å². The maximum atomic E-state index is 12.7. The van der Waals surface area contributed by atoms with Crippen LogP contribution in [0.5, 0.6) is 0 Å². The lowest BCUT2D eigenvalue weighted by Crippen LogP contribution is -2.64. The Morgan fingerprint density at radius 1 is 0.889 bits per heavy atom. The third kappa shape index (κ3) is 1.86. The van der Waals surface area contributed by atoms with Crippen molar-refractivity contribution in [2.45, 2.75) is 50.1 Å². The maximum Gasteiger partial charge on any atom is 0.323 e. The summed E-state index contributed by atoms with van der Waals surface area (Å²) >= 11 is 4.68. The first-order chi connectivity index (χ1) is 12.8. The second kappa shape index (κ2) is 5.10. The molecule has 6 saturated heterocycles. The highest BCUT2D eigenvalue weighted by atomic mass is 32.2. The van der Waals surface area contributed by atoms with Gasteiger partial charge in [0.05, 0.1) is 40.1 Å². The first kappa shape index (κ1) is 16.8. The van der Waals surface area contributed by atoms with Gasteiger partial charge in [0.1, 0.15) is 4.75 Å². The van der Waals surface area contributed by atoms with Crippen LogP contribution < -0.4 is 0 Å². The molecule has 11 heteroatoms. The normalized spacial score (nSPS) is 47.3.